The van der Waals surface area contributed by atoms with Gasteiger partial charge in [-0.05, 0) is 59.0 Å². The highest BCUT2D eigenvalue weighted by atomic mass is 16.7. The van der Waals surface area contributed by atoms with Crippen molar-refractivity contribution in [2.45, 2.75) is 63.7 Å². The predicted molar refractivity (Wildman–Crippen MR) is 199 cm³/mol. The van der Waals surface area contributed by atoms with Gasteiger partial charge in [0.25, 0.3) is 0 Å². The fraction of sp³-hybridized carbons (Fsp3) is 0.279. The summed E-state index contributed by atoms with van der Waals surface area (Å²) in [4.78, 5) is 14.6. The molecule has 1 saturated heterocycles. The Kier molecular flexibility index (Phi) is 12.3. The first kappa shape index (κ1) is 36.0. The van der Waals surface area contributed by atoms with Crippen LogP contribution in [0.15, 0.2) is 133 Å². The lowest BCUT2D eigenvalue weighted by atomic mass is 9.98. The lowest BCUT2D eigenvalue weighted by Crippen LogP contribution is -2.43. The fourth-order valence-electron chi connectivity index (χ4n) is 6.41. The van der Waals surface area contributed by atoms with Crippen LogP contribution in [0.4, 0.5) is 4.79 Å². The Hall–Kier alpha value is -4.83. The third-order valence-corrected chi connectivity index (χ3v) is 9.59. The number of hydrogen-bond donors (Lipinski definition) is 4. The number of hydrogen-bond acceptors (Lipinski definition) is 6. The number of urea groups is 1. The molecule has 0 unspecified atom stereocenters. The summed E-state index contributed by atoms with van der Waals surface area (Å²) in [6, 6.07) is 43.5. The highest BCUT2D eigenvalue weighted by molar-refractivity contribution is 5.74. The van der Waals surface area contributed by atoms with Gasteiger partial charge in [0.2, 0.25) is 0 Å². The molecular weight excluding hydrogens is 638 g/mol. The average molecular weight is 686 g/mol. The van der Waals surface area contributed by atoms with Crippen molar-refractivity contribution in [2.75, 3.05) is 13.6 Å². The summed E-state index contributed by atoms with van der Waals surface area (Å²) in [5, 5.41) is 26.5. The Morgan fingerprint density at radius 1 is 0.745 bits per heavy atom. The maximum Gasteiger partial charge on any atom is 0.315 e. The largest absolute Gasteiger partial charge is 0.392 e. The quantitative estimate of drug-likeness (QED) is 0.103. The number of benzene rings is 5. The summed E-state index contributed by atoms with van der Waals surface area (Å²) >= 11 is 0. The Bertz CT molecular complexity index is 1820. The molecule has 1 heterocycles. The van der Waals surface area contributed by atoms with Gasteiger partial charge in [-0.25, -0.2) is 4.79 Å². The fourth-order valence-corrected chi connectivity index (χ4v) is 6.41. The molecule has 0 saturated carbocycles. The first-order valence-corrected chi connectivity index (χ1v) is 17.5. The summed E-state index contributed by atoms with van der Waals surface area (Å²) in [7, 11) is 2.02. The zero-order chi connectivity index (χ0) is 35.6. The minimum absolute atomic E-state index is 0.0115. The second-order valence-electron chi connectivity index (χ2n) is 13.2. The van der Waals surface area contributed by atoms with Crippen LogP contribution < -0.4 is 10.6 Å². The number of aliphatic hydroxyl groups is 2. The topological polar surface area (TPSA) is 103 Å². The van der Waals surface area contributed by atoms with E-state index >= 15 is 0 Å². The molecule has 0 aliphatic carbocycles. The van der Waals surface area contributed by atoms with Crippen LogP contribution in [-0.4, -0.2) is 46.9 Å². The molecule has 8 nitrogen and oxygen atoms in total. The van der Waals surface area contributed by atoms with E-state index in [0.717, 1.165) is 44.5 Å². The van der Waals surface area contributed by atoms with Gasteiger partial charge in [0.15, 0.2) is 6.29 Å². The number of amides is 2. The first-order chi connectivity index (χ1) is 24.9. The molecule has 1 aliphatic rings. The van der Waals surface area contributed by atoms with Crippen LogP contribution in [0.25, 0.3) is 11.1 Å². The number of nitrogens with one attached hydrogen (secondary N) is 2. The third kappa shape index (κ3) is 9.70. The van der Waals surface area contributed by atoms with E-state index in [4.69, 9.17) is 9.47 Å². The van der Waals surface area contributed by atoms with Crippen LogP contribution in [0.5, 0.6) is 0 Å². The van der Waals surface area contributed by atoms with Crippen LogP contribution in [0.3, 0.4) is 0 Å². The van der Waals surface area contributed by atoms with Crippen molar-refractivity contribution in [1.82, 2.24) is 15.5 Å². The van der Waals surface area contributed by atoms with Crippen molar-refractivity contribution in [3.05, 3.63) is 167 Å². The van der Waals surface area contributed by atoms with Gasteiger partial charge in [-0.2, -0.15) is 0 Å². The van der Waals surface area contributed by atoms with E-state index in [9.17, 15) is 15.0 Å². The van der Waals surface area contributed by atoms with Crippen LogP contribution >= 0.6 is 0 Å². The van der Waals surface area contributed by atoms with Gasteiger partial charge in [0, 0.05) is 37.7 Å². The number of likely N-dealkylation sites (N-methyl/N-ethyl adjacent to an activating group) is 1. The summed E-state index contributed by atoms with van der Waals surface area (Å²) in [6.45, 7) is 3.51. The van der Waals surface area contributed by atoms with Crippen LogP contribution in [0.2, 0.25) is 0 Å². The molecule has 5 aromatic carbocycles. The van der Waals surface area contributed by atoms with Gasteiger partial charge in [-0.15, -0.1) is 0 Å². The molecule has 6 rings (SSSR count). The molecule has 8 heteroatoms. The standard InChI is InChI=1S/C43H47N3O5/c1-30(41(48)36-13-7-4-8-14-36)46(2)28-39-25-40(35-18-16-32(29-47)17-19-35)51-42(50-39)37-22-20-34(21-23-37)38-15-9-12-33(24-38)27-45-43(49)44-26-31-10-5-3-6-11-31/h3-24,30,39-42,47-48H,25-29H2,1-2H3,(H2,44,45,49)/t30-,39+,40-,41-,42-/m0/s1. The number of nitrogens with zero attached hydrogens (tertiary/aromatic N) is 1. The number of carbonyl (C=O) groups excluding carboxylic acids is 1. The molecule has 5 atom stereocenters. The second-order valence-corrected chi connectivity index (χ2v) is 13.2. The molecule has 1 fully saturated rings. The van der Waals surface area contributed by atoms with E-state index in [1.165, 1.54) is 0 Å². The van der Waals surface area contributed by atoms with Gasteiger partial charge in [0.05, 0.1) is 24.9 Å². The van der Waals surface area contributed by atoms with E-state index in [-0.39, 0.29) is 30.9 Å². The van der Waals surface area contributed by atoms with Crippen LogP contribution in [0.1, 0.15) is 65.2 Å². The Morgan fingerprint density at radius 2 is 1.37 bits per heavy atom. The van der Waals surface area contributed by atoms with E-state index in [2.05, 4.69) is 39.8 Å². The smallest absolute Gasteiger partial charge is 0.315 e. The van der Waals surface area contributed by atoms with Crippen molar-refractivity contribution < 1.29 is 24.5 Å². The maximum atomic E-state index is 12.4. The molecular formula is C43H47N3O5. The van der Waals surface area contributed by atoms with Gasteiger partial charge in [0.1, 0.15) is 0 Å². The lowest BCUT2D eigenvalue weighted by molar-refractivity contribution is -0.253. The van der Waals surface area contributed by atoms with Crippen LogP contribution in [0, 0.1) is 0 Å². The molecule has 0 radical (unpaired) electrons. The number of carbonyl (C=O) groups is 1. The van der Waals surface area contributed by atoms with Crippen molar-refractivity contribution in [3.63, 3.8) is 0 Å². The summed E-state index contributed by atoms with van der Waals surface area (Å²) < 4.78 is 13.2. The molecule has 0 spiro atoms. The Balaban J connectivity index is 1.12. The normalized spacial score (nSPS) is 18.6. The highest BCUT2D eigenvalue weighted by Crippen LogP contribution is 2.39. The van der Waals surface area contributed by atoms with Crippen molar-refractivity contribution in [1.29, 1.82) is 0 Å². The molecule has 2 amide bonds. The molecule has 51 heavy (non-hydrogen) atoms. The first-order valence-electron chi connectivity index (χ1n) is 17.5. The van der Waals surface area contributed by atoms with Gasteiger partial charge < -0.3 is 30.3 Å². The van der Waals surface area contributed by atoms with Gasteiger partial charge in [-0.3, -0.25) is 4.90 Å². The lowest BCUT2D eigenvalue weighted by Gasteiger charge is -2.39. The summed E-state index contributed by atoms with van der Waals surface area (Å²) in [5.41, 5.74) is 7.81. The predicted octanol–water partition coefficient (Wildman–Crippen LogP) is 7.44. The minimum atomic E-state index is -0.632. The number of aliphatic hydroxyl groups excluding tert-OH is 2. The van der Waals surface area contributed by atoms with E-state index in [0.29, 0.717) is 26.1 Å². The third-order valence-electron chi connectivity index (χ3n) is 9.59. The van der Waals surface area contributed by atoms with Crippen molar-refractivity contribution in [3.8, 4) is 11.1 Å². The molecule has 264 valence electrons. The van der Waals surface area contributed by atoms with Crippen LogP contribution in [-0.2, 0) is 29.2 Å². The van der Waals surface area contributed by atoms with Crippen molar-refractivity contribution >= 4 is 6.03 Å². The average Bonchev–Trinajstić information content (AvgIpc) is 3.19. The van der Waals surface area contributed by atoms with E-state index in [1.54, 1.807) is 0 Å². The zero-order valence-electron chi connectivity index (χ0n) is 29.2. The van der Waals surface area contributed by atoms with Crippen molar-refractivity contribution in [2.24, 2.45) is 0 Å². The Morgan fingerprint density at radius 3 is 2.06 bits per heavy atom. The molecule has 0 aromatic heterocycles. The molecule has 1 aliphatic heterocycles. The second kappa shape index (κ2) is 17.4. The summed E-state index contributed by atoms with van der Waals surface area (Å²) in [5.74, 6) is 0. The zero-order valence-corrected chi connectivity index (χ0v) is 29.2. The number of rotatable bonds is 13. The van der Waals surface area contributed by atoms with Gasteiger partial charge >= 0.3 is 6.03 Å². The van der Waals surface area contributed by atoms with E-state index < -0.39 is 12.4 Å². The maximum absolute atomic E-state index is 12.4. The highest BCUT2D eigenvalue weighted by Gasteiger charge is 2.34. The molecule has 0 bridgehead atoms. The monoisotopic (exact) mass is 685 g/mol. The molecule has 4 N–H and O–H groups in total. The van der Waals surface area contributed by atoms with E-state index in [1.807, 2.05) is 123 Å². The SMILES string of the molecule is C[C@@H]([C@H](O)c1ccccc1)N(C)C[C@H]1C[C@@H](c2ccc(CO)cc2)O[C@@H](c2ccc(-c3cccc(CNC(=O)NCc4ccccc4)c3)cc2)O1. The Labute approximate surface area is 300 Å². The number of ether oxygens (including phenoxy) is 2. The summed E-state index contributed by atoms with van der Waals surface area (Å²) in [6.07, 6.45) is -0.940. The molecule has 5 aromatic rings. The van der Waals surface area contributed by atoms with Gasteiger partial charge in [-0.1, -0.05) is 127 Å². The minimum Gasteiger partial charge on any atom is -0.392 e.